The van der Waals surface area contributed by atoms with Crippen molar-refractivity contribution in [1.29, 1.82) is 0 Å². The second-order valence-corrected chi connectivity index (χ2v) is 6.78. The molecule has 0 radical (unpaired) electrons. The van der Waals surface area contributed by atoms with Gasteiger partial charge < -0.3 is 19.8 Å². The van der Waals surface area contributed by atoms with Crippen molar-refractivity contribution in [2.45, 2.75) is 27.3 Å². The maximum Gasteiger partial charge on any atom is 0.348 e. The van der Waals surface area contributed by atoms with Gasteiger partial charge in [-0.15, -0.1) is 11.3 Å². The summed E-state index contributed by atoms with van der Waals surface area (Å²) in [6.45, 7) is 6.01. The van der Waals surface area contributed by atoms with Crippen LogP contribution in [0.1, 0.15) is 33.7 Å². The molecule has 0 aromatic carbocycles. The summed E-state index contributed by atoms with van der Waals surface area (Å²) in [5, 5.41) is 6.54. The predicted octanol–water partition coefficient (Wildman–Crippen LogP) is 2.81. The third-order valence-corrected chi connectivity index (χ3v) is 4.98. The van der Waals surface area contributed by atoms with E-state index in [-0.39, 0.29) is 18.4 Å². The van der Waals surface area contributed by atoms with Gasteiger partial charge in [-0.25, -0.2) is 14.8 Å². The van der Waals surface area contributed by atoms with E-state index in [4.69, 9.17) is 9.15 Å². The lowest BCUT2D eigenvalue weighted by Crippen LogP contribution is -2.29. The second kappa shape index (κ2) is 8.17. The Morgan fingerprint density at radius 3 is 2.81 bits per heavy atom. The average molecular weight is 388 g/mol. The van der Waals surface area contributed by atoms with Gasteiger partial charge in [-0.1, -0.05) is 0 Å². The van der Waals surface area contributed by atoms with Crippen LogP contribution in [0, 0.1) is 13.8 Å². The Hall–Kier alpha value is -2.94. The summed E-state index contributed by atoms with van der Waals surface area (Å²) in [4.78, 5) is 34.2. The Balaban J connectivity index is 1.77. The van der Waals surface area contributed by atoms with Crippen molar-refractivity contribution in [3.8, 4) is 0 Å². The molecule has 3 aromatic rings. The fourth-order valence-corrected chi connectivity index (χ4v) is 3.71. The number of carbonyl (C=O) groups excluding carboxylic acids is 2. The van der Waals surface area contributed by atoms with Crippen molar-refractivity contribution >= 4 is 39.2 Å². The summed E-state index contributed by atoms with van der Waals surface area (Å²) in [6.07, 6.45) is 1.56. The van der Waals surface area contributed by atoms with Crippen LogP contribution in [0.4, 0.5) is 5.82 Å². The van der Waals surface area contributed by atoms with Gasteiger partial charge >= 0.3 is 5.97 Å². The minimum absolute atomic E-state index is 0.0380. The number of rotatable bonds is 7. The fraction of sp³-hybridized carbons (Fsp3) is 0.333. The van der Waals surface area contributed by atoms with Gasteiger partial charge in [-0.05, 0) is 38.5 Å². The molecule has 0 saturated heterocycles. The SMILES string of the molecule is CCOC(=O)c1sc2nc(C)nc(NCC(=O)NCc3ccco3)c2c1C. The van der Waals surface area contributed by atoms with E-state index in [9.17, 15) is 9.59 Å². The monoisotopic (exact) mass is 388 g/mol. The Morgan fingerprint density at radius 2 is 2.11 bits per heavy atom. The van der Waals surface area contributed by atoms with Gasteiger partial charge in [0.2, 0.25) is 5.91 Å². The number of thiophene rings is 1. The summed E-state index contributed by atoms with van der Waals surface area (Å²) >= 11 is 1.26. The number of amides is 1. The fourth-order valence-electron chi connectivity index (χ4n) is 2.59. The van der Waals surface area contributed by atoms with Crippen LogP contribution >= 0.6 is 11.3 Å². The van der Waals surface area contributed by atoms with Crippen LogP contribution in [0.3, 0.4) is 0 Å². The van der Waals surface area contributed by atoms with E-state index in [0.29, 0.717) is 40.3 Å². The van der Waals surface area contributed by atoms with Crippen molar-refractivity contribution in [2.24, 2.45) is 0 Å². The smallest absolute Gasteiger partial charge is 0.348 e. The van der Waals surface area contributed by atoms with Gasteiger partial charge in [0.25, 0.3) is 0 Å². The molecule has 142 valence electrons. The van der Waals surface area contributed by atoms with Crippen LogP contribution in [-0.4, -0.2) is 35.0 Å². The summed E-state index contributed by atoms with van der Waals surface area (Å²) in [6, 6.07) is 3.55. The van der Waals surface area contributed by atoms with Gasteiger partial charge in [-0.2, -0.15) is 0 Å². The van der Waals surface area contributed by atoms with Crippen molar-refractivity contribution in [3.05, 3.63) is 40.4 Å². The Labute approximate surface area is 160 Å². The first-order valence-electron chi connectivity index (χ1n) is 8.47. The topological polar surface area (TPSA) is 106 Å². The lowest BCUT2D eigenvalue weighted by molar-refractivity contribution is -0.119. The molecule has 0 saturated carbocycles. The number of furan rings is 1. The molecule has 3 heterocycles. The molecule has 0 aliphatic heterocycles. The van der Waals surface area contributed by atoms with Crippen LogP contribution in [0.25, 0.3) is 10.2 Å². The third kappa shape index (κ3) is 4.25. The van der Waals surface area contributed by atoms with Crippen molar-refractivity contribution in [2.75, 3.05) is 18.5 Å². The minimum Gasteiger partial charge on any atom is -0.467 e. The van der Waals surface area contributed by atoms with Crippen molar-refractivity contribution in [3.63, 3.8) is 0 Å². The molecular weight excluding hydrogens is 368 g/mol. The first-order chi connectivity index (χ1) is 13.0. The molecular formula is C18H20N4O4S. The summed E-state index contributed by atoms with van der Waals surface area (Å²) in [5.41, 5.74) is 0.743. The number of hydrogen-bond donors (Lipinski definition) is 2. The van der Waals surface area contributed by atoms with Crippen LogP contribution < -0.4 is 10.6 Å². The molecule has 0 spiro atoms. The number of esters is 1. The molecule has 0 atom stereocenters. The molecule has 9 heteroatoms. The summed E-state index contributed by atoms with van der Waals surface area (Å²) in [7, 11) is 0. The Morgan fingerprint density at radius 1 is 1.30 bits per heavy atom. The number of fused-ring (bicyclic) bond motifs is 1. The van der Waals surface area contributed by atoms with Gasteiger partial charge in [0.1, 0.15) is 27.1 Å². The van der Waals surface area contributed by atoms with E-state index in [1.807, 2.05) is 6.92 Å². The quantitative estimate of drug-likeness (QED) is 0.599. The largest absolute Gasteiger partial charge is 0.467 e. The molecule has 0 aliphatic rings. The number of aromatic nitrogens is 2. The third-order valence-electron chi connectivity index (χ3n) is 3.82. The highest BCUT2D eigenvalue weighted by Crippen LogP contribution is 2.34. The normalized spacial score (nSPS) is 10.8. The molecule has 0 unspecified atom stereocenters. The van der Waals surface area contributed by atoms with Gasteiger partial charge in [0.15, 0.2) is 0 Å². The zero-order valence-corrected chi connectivity index (χ0v) is 16.1. The zero-order chi connectivity index (χ0) is 19.4. The molecule has 2 N–H and O–H groups in total. The predicted molar refractivity (Wildman–Crippen MR) is 102 cm³/mol. The number of nitrogens with zero attached hydrogens (tertiary/aromatic N) is 2. The lowest BCUT2D eigenvalue weighted by atomic mass is 10.2. The van der Waals surface area contributed by atoms with E-state index in [1.54, 1.807) is 32.2 Å². The standard InChI is InChI=1S/C18H20N4O4S/c1-4-25-18(24)15-10(2)14-16(21-11(3)22-17(14)27-15)20-9-13(23)19-8-12-6-5-7-26-12/h5-7H,4,8-9H2,1-3H3,(H,19,23)(H,20,21,22). The number of ether oxygens (including phenoxy) is 1. The lowest BCUT2D eigenvalue weighted by Gasteiger charge is -2.09. The number of anilines is 1. The Kier molecular flexibility index (Phi) is 5.70. The zero-order valence-electron chi connectivity index (χ0n) is 15.3. The molecule has 8 nitrogen and oxygen atoms in total. The van der Waals surface area contributed by atoms with Crippen LogP contribution in [0.2, 0.25) is 0 Å². The van der Waals surface area contributed by atoms with Gasteiger partial charge in [-0.3, -0.25) is 4.79 Å². The number of aryl methyl sites for hydroxylation is 2. The highest BCUT2D eigenvalue weighted by molar-refractivity contribution is 7.20. The molecule has 3 rings (SSSR count). The minimum atomic E-state index is -0.377. The molecule has 0 aliphatic carbocycles. The molecule has 1 amide bonds. The first-order valence-corrected chi connectivity index (χ1v) is 9.29. The molecule has 27 heavy (non-hydrogen) atoms. The summed E-state index contributed by atoms with van der Waals surface area (Å²) in [5.74, 6) is 1.18. The Bertz CT molecular complexity index is 966. The van der Waals surface area contributed by atoms with E-state index in [2.05, 4.69) is 20.6 Å². The van der Waals surface area contributed by atoms with E-state index in [1.165, 1.54) is 11.3 Å². The number of nitrogens with one attached hydrogen (secondary N) is 2. The van der Waals surface area contributed by atoms with E-state index >= 15 is 0 Å². The average Bonchev–Trinajstić information content (AvgIpc) is 3.26. The highest BCUT2D eigenvalue weighted by Gasteiger charge is 2.21. The maximum atomic E-state index is 12.1. The summed E-state index contributed by atoms with van der Waals surface area (Å²) < 4.78 is 10.3. The number of hydrogen-bond acceptors (Lipinski definition) is 8. The molecule has 0 bridgehead atoms. The van der Waals surface area contributed by atoms with Crippen LogP contribution in [0.5, 0.6) is 0 Å². The van der Waals surface area contributed by atoms with E-state index in [0.717, 1.165) is 10.9 Å². The van der Waals surface area contributed by atoms with Crippen LogP contribution in [-0.2, 0) is 16.1 Å². The first kappa shape index (κ1) is 18.8. The second-order valence-electron chi connectivity index (χ2n) is 5.79. The van der Waals surface area contributed by atoms with Gasteiger partial charge in [0, 0.05) is 0 Å². The maximum absolute atomic E-state index is 12.1. The van der Waals surface area contributed by atoms with Crippen LogP contribution in [0.15, 0.2) is 22.8 Å². The highest BCUT2D eigenvalue weighted by atomic mass is 32.1. The molecule has 0 fully saturated rings. The molecule has 3 aromatic heterocycles. The van der Waals surface area contributed by atoms with Gasteiger partial charge in [0.05, 0.1) is 31.3 Å². The van der Waals surface area contributed by atoms with E-state index < -0.39 is 0 Å². The van der Waals surface area contributed by atoms with Crippen molar-refractivity contribution < 1.29 is 18.7 Å². The number of carbonyl (C=O) groups is 2. The van der Waals surface area contributed by atoms with Crippen molar-refractivity contribution in [1.82, 2.24) is 15.3 Å².